The van der Waals surface area contributed by atoms with Crippen LogP contribution in [0.1, 0.15) is 0 Å². The lowest BCUT2D eigenvalue weighted by atomic mass is 10.1. The van der Waals surface area contributed by atoms with E-state index in [0.29, 0.717) is 29.5 Å². The van der Waals surface area contributed by atoms with E-state index >= 15 is 0 Å². The largest absolute Gasteiger partial charge is 0.497 e. The number of rotatable bonds is 8. The average Bonchev–Trinajstić information content (AvgIpc) is 3.26. The van der Waals surface area contributed by atoms with Crippen LogP contribution in [0.2, 0.25) is 0 Å². The Labute approximate surface area is 178 Å². The molecule has 0 saturated carbocycles. The Balaban J connectivity index is 1.32. The maximum atomic E-state index is 12.2. The smallest absolute Gasteiger partial charge is 0.267 e. The van der Waals surface area contributed by atoms with E-state index in [2.05, 4.69) is 10.4 Å². The van der Waals surface area contributed by atoms with Crippen LogP contribution in [0, 0.1) is 0 Å². The van der Waals surface area contributed by atoms with Crippen molar-refractivity contribution in [2.75, 3.05) is 27.1 Å². The fourth-order valence-electron chi connectivity index (χ4n) is 3.00. The van der Waals surface area contributed by atoms with Crippen LogP contribution in [0.25, 0.3) is 11.3 Å². The molecule has 0 fully saturated rings. The van der Waals surface area contributed by atoms with Gasteiger partial charge in [-0.05, 0) is 48.5 Å². The molecule has 0 radical (unpaired) electrons. The molecule has 2 heterocycles. The summed E-state index contributed by atoms with van der Waals surface area (Å²) >= 11 is 0. The van der Waals surface area contributed by atoms with Crippen molar-refractivity contribution in [3.63, 3.8) is 0 Å². The third-order valence-corrected chi connectivity index (χ3v) is 4.58. The number of aromatic nitrogens is 2. The highest BCUT2D eigenvalue weighted by atomic mass is 16.7. The number of ether oxygens (including phenoxy) is 4. The number of methoxy groups -OCH3 is 1. The third kappa shape index (κ3) is 4.95. The summed E-state index contributed by atoms with van der Waals surface area (Å²) in [6, 6.07) is 15.5. The van der Waals surface area contributed by atoms with Gasteiger partial charge in [0, 0.05) is 11.6 Å². The van der Waals surface area contributed by atoms with Crippen molar-refractivity contribution in [1.29, 1.82) is 0 Å². The van der Waals surface area contributed by atoms with Crippen molar-refractivity contribution in [2.45, 2.75) is 6.54 Å². The Morgan fingerprint density at radius 3 is 2.65 bits per heavy atom. The van der Waals surface area contributed by atoms with Gasteiger partial charge in [-0.2, -0.15) is 5.10 Å². The third-order valence-electron chi connectivity index (χ3n) is 4.58. The first-order valence-corrected chi connectivity index (χ1v) is 9.64. The van der Waals surface area contributed by atoms with Gasteiger partial charge < -0.3 is 24.3 Å². The van der Waals surface area contributed by atoms with E-state index in [0.717, 1.165) is 16.0 Å². The summed E-state index contributed by atoms with van der Waals surface area (Å²) < 4.78 is 22.5. The monoisotopic (exact) mass is 423 g/mol. The molecule has 1 N–H and O–H groups in total. The minimum atomic E-state index is -0.367. The van der Waals surface area contributed by atoms with Crippen molar-refractivity contribution in [3.05, 3.63) is 65.0 Å². The fourth-order valence-corrected chi connectivity index (χ4v) is 3.00. The van der Waals surface area contributed by atoms with Gasteiger partial charge in [-0.3, -0.25) is 9.59 Å². The van der Waals surface area contributed by atoms with Gasteiger partial charge in [0.2, 0.25) is 12.7 Å². The fraction of sp³-hybridized carbons (Fsp3) is 0.227. The maximum Gasteiger partial charge on any atom is 0.267 e. The van der Waals surface area contributed by atoms with Gasteiger partial charge in [0.05, 0.1) is 19.3 Å². The number of amides is 1. The zero-order valence-corrected chi connectivity index (χ0v) is 16.9. The molecule has 31 heavy (non-hydrogen) atoms. The van der Waals surface area contributed by atoms with Gasteiger partial charge in [-0.25, -0.2) is 4.68 Å². The van der Waals surface area contributed by atoms with Gasteiger partial charge in [0.25, 0.3) is 5.56 Å². The molecule has 0 unspecified atom stereocenters. The summed E-state index contributed by atoms with van der Waals surface area (Å²) in [4.78, 5) is 24.4. The molecule has 9 nitrogen and oxygen atoms in total. The van der Waals surface area contributed by atoms with Crippen LogP contribution in [0.4, 0.5) is 0 Å². The van der Waals surface area contributed by atoms with Gasteiger partial charge >= 0.3 is 0 Å². The molecule has 160 valence electrons. The molecule has 1 aliphatic heterocycles. The summed E-state index contributed by atoms with van der Waals surface area (Å²) in [5.74, 6) is 2.35. The molecular formula is C22H21N3O6. The van der Waals surface area contributed by atoms with Crippen LogP contribution in [-0.2, 0) is 11.3 Å². The number of hydrogen-bond donors (Lipinski definition) is 1. The summed E-state index contributed by atoms with van der Waals surface area (Å²) in [5.41, 5.74) is 0.939. The van der Waals surface area contributed by atoms with Crippen LogP contribution >= 0.6 is 0 Å². The second-order valence-electron chi connectivity index (χ2n) is 6.66. The van der Waals surface area contributed by atoms with Gasteiger partial charge in [0.15, 0.2) is 11.5 Å². The van der Waals surface area contributed by atoms with Crippen molar-refractivity contribution < 1.29 is 23.7 Å². The van der Waals surface area contributed by atoms with Gasteiger partial charge in [-0.15, -0.1) is 0 Å². The van der Waals surface area contributed by atoms with E-state index in [9.17, 15) is 9.59 Å². The number of fused-ring (bicyclic) bond motifs is 1. The van der Waals surface area contributed by atoms with E-state index < -0.39 is 0 Å². The van der Waals surface area contributed by atoms with Crippen LogP contribution in [0.5, 0.6) is 23.0 Å². The summed E-state index contributed by atoms with van der Waals surface area (Å²) in [5, 5.41) is 7.02. The van der Waals surface area contributed by atoms with Crippen LogP contribution in [0.15, 0.2) is 59.4 Å². The molecule has 0 bridgehead atoms. The molecule has 0 saturated heterocycles. The molecule has 1 aromatic heterocycles. The molecule has 3 aromatic rings. The standard InChI is InChI=1S/C22H21N3O6/c1-28-16-3-5-17(6-4-16)29-11-10-23-21(26)13-25-22(27)9-7-18(24-25)15-2-8-19-20(12-15)31-14-30-19/h2-9,12H,10-11,13-14H2,1H3,(H,23,26). The first kappa shape index (κ1) is 20.3. The number of hydrogen-bond acceptors (Lipinski definition) is 7. The van der Waals surface area contributed by atoms with Crippen LogP contribution in [-0.4, -0.2) is 42.7 Å². The molecule has 1 aliphatic rings. The second kappa shape index (κ2) is 9.21. The zero-order chi connectivity index (χ0) is 21.6. The quantitative estimate of drug-likeness (QED) is 0.552. The Kier molecular flexibility index (Phi) is 6.02. The van der Waals surface area contributed by atoms with Gasteiger partial charge in [0.1, 0.15) is 24.7 Å². The highest BCUT2D eigenvalue weighted by Crippen LogP contribution is 2.35. The van der Waals surface area contributed by atoms with E-state index in [1.54, 1.807) is 49.6 Å². The molecule has 2 aromatic carbocycles. The predicted molar refractivity (Wildman–Crippen MR) is 112 cm³/mol. The maximum absolute atomic E-state index is 12.2. The summed E-state index contributed by atoms with van der Waals surface area (Å²) in [7, 11) is 1.59. The Bertz CT molecular complexity index is 1130. The molecule has 9 heteroatoms. The number of benzene rings is 2. The lowest BCUT2D eigenvalue weighted by Gasteiger charge is -2.10. The molecule has 1 amide bonds. The number of carbonyl (C=O) groups excluding carboxylic acids is 1. The molecule has 0 spiro atoms. The van der Waals surface area contributed by atoms with Gasteiger partial charge in [-0.1, -0.05) is 0 Å². The lowest BCUT2D eigenvalue weighted by Crippen LogP contribution is -2.35. The van der Waals surface area contributed by atoms with Crippen molar-refractivity contribution >= 4 is 5.91 Å². The SMILES string of the molecule is COc1ccc(OCCNC(=O)Cn2nc(-c3ccc4c(c3)OCO4)ccc2=O)cc1. The van der Waals surface area contributed by atoms with E-state index in [1.165, 1.54) is 6.07 Å². The Morgan fingerprint density at radius 1 is 1.06 bits per heavy atom. The molecule has 0 atom stereocenters. The average molecular weight is 423 g/mol. The van der Waals surface area contributed by atoms with E-state index in [4.69, 9.17) is 18.9 Å². The second-order valence-corrected chi connectivity index (χ2v) is 6.66. The molecule has 0 aliphatic carbocycles. The lowest BCUT2D eigenvalue weighted by molar-refractivity contribution is -0.122. The van der Waals surface area contributed by atoms with Crippen molar-refractivity contribution in [1.82, 2.24) is 15.1 Å². The summed E-state index contributed by atoms with van der Waals surface area (Å²) in [6.45, 7) is 0.562. The van der Waals surface area contributed by atoms with Crippen molar-refractivity contribution in [2.24, 2.45) is 0 Å². The number of carbonyl (C=O) groups is 1. The normalized spacial score (nSPS) is 11.8. The van der Waals surface area contributed by atoms with Crippen LogP contribution in [0.3, 0.4) is 0 Å². The predicted octanol–water partition coefficient (Wildman–Crippen LogP) is 1.84. The molecular weight excluding hydrogens is 402 g/mol. The van der Waals surface area contributed by atoms with Crippen LogP contribution < -0.4 is 29.8 Å². The number of nitrogens with one attached hydrogen (secondary N) is 1. The highest BCUT2D eigenvalue weighted by Gasteiger charge is 2.15. The Morgan fingerprint density at radius 2 is 1.84 bits per heavy atom. The minimum absolute atomic E-state index is 0.175. The first-order valence-electron chi connectivity index (χ1n) is 9.64. The van der Waals surface area contributed by atoms with E-state index in [1.807, 2.05) is 6.07 Å². The number of nitrogens with zero attached hydrogens (tertiary/aromatic N) is 2. The van der Waals surface area contributed by atoms with E-state index in [-0.39, 0.29) is 31.4 Å². The highest BCUT2D eigenvalue weighted by molar-refractivity contribution is 5.75. The Hall–Kier alpha value is -4.01. The minimum Gasteiger partial charge on any atom is -0.497 e. The van der Waals surface area contributed by atoms with Crippen molar-refractivity contribution in [3.8, 4) is 34.3 Å². The topological polar surface area (TPSA) is 101 Å². The summed E-state index contributed by atoms with van der Waals surface area (Å²) in [6.07, 6.45) is 0. The zero-order valence-electron chi connectivity index (χ0n) is 16.9. The molecule has 4 rings (SSSR count). The first-order chi connectivity index (χ1) is 15.1.